The SMILES string of the molecule is CC(C)(C)c1nc(-c2ccc(C(=O)N3CC4(CC(CS(=O)(=O)O)C4)C3)cc2)no1. The average Bonchev–Trinajstić information content (AvgIpc) is 3.04. The van der Waals surface area contributed by atoms with Crippen molar-refractivity contribution in [2.45, 2.75) is 39.0 Å². The van der Waals surface area contributed by atoms with E-state index in [0.29, 0.717) is 30.4 Å². The highest BCUT2D eigenvalue weighted by atomic mass is 32.2. The smallest absolute Gasteiger partial charge is 0.265 e. The summed E-state index contributed by atoms with van der Waals surface area (Å²) in [7, 11) is -3.92. The number of hydrogen-bond acceptors (Lipinski definition) is 6. The third-order valence-corrected chi connectivity index (χ3v) is 6.58. The molecule has 0 radical (unpaired) electrons. The molecule has 2 heterocycles. The Hall–Kier alpha value is -2.26. The van der Waals surface area contributed by atoms with Gasteiger partial charge in [-0.05, 0) is 30.9 Å². The fourth-order valence-electron chi connectivity index (χ4n) is 4.34. The van der Waals surface area contributed by atoms with E-state index in [2.05, 4.69) is 10.1 Å². The van der Waals surface area contributed by atoms with Crippen LogP contribution in [0.25, 0.3) is 11.4 Å². The van der Waals surface area contributed by atoms with Crippen LogP contribution in [0.15, 0.2) is 28.8 Å². The monoisotopic (exact) mass is 419 g/mol. The van der Waals surface area contributed by atoms with Crippen molar-refractivity contribution in [2.24, 2.45) is 11.3 Å². The van der Waals surface area contributed by atoms with Crippen LogP contribution in [0.2, 0.25) is 0 Å². The zero-order valence-corrected chi connectivity index (χ0v) is 17.6. The molecule has 2 aromatic rings. The highest BCUT2D eigenvalue weighted by Gasteiger charge is 2.54. The van der Waals surface area contributed by atoms with Crippen LogP contribution in [0.3, 0.4) is 0 Å². The molecule has 1 aliphatic heterocycles. The third-order valence-electron chi connectivity index (χ3n) is 5.69. The minimum Gasteiger partial charge on any atom is -0.338 e. The topological polar surface area (TPSA) is 114 Å². The zero-order chi connectivity index (χ0) is 21.0. The van der Waals surface area contributed by atoms with E-state index in [0.717, 1.165) is 18.4 Å². The summed E-state index contributed by atoms with van der Waals surface area (Å²) >= 11 is 0. The van der Waals surface area contributed by atoms with Gasteiger partial charge in [-0.3, -0.25) is 9.35 Å². The number of rotatable bonds is 4. The fraction of sp³-hybridized carbons (Fsp3) is 0.550. The summed E-state index contributed by atoms with van der Waals surface area (Å²) in [6.45, 7) is 7.27. The quantitative estimate of drug-likeness (QED) is 0.758. The first-order chi connectivity index (χ1) is 13.4. The Kier molecular flexibility index (Phi) is 4.58. The second kappa shape index (κ2) is 6.63. The highest BCUT2D eigenvalue weighted by molar-refractivity contribution is 7.85. The van der Waals surface area contributed by atoms with Gasteiger partial charge in [0.1, 0.15) is 0 Å². The minimum absolute atomic E-state index is 0.00511. The maximum atomic E-state index is 12.7. The molecule has 1 amide bonds. The molecule has 1 saturated carbocycles. The number of likely N-dealkylation sites (tertiary alicyclic amines) is 1. The number of nitrogens with zero attached hydrogens (tertiary/aromatic N) is 3. The summed E-state index contributed by atoms with van der Waals surface area (Å²) in [5.41, 5.74) is 1.18. The Morgan fingerprint density at radius 3 is 2.38 bits per heavy atom. The van der Waals surface area contributed by atoms with Crippen LogP contribution in [0.5, 0.6) is 0 Å². The van der Waals surface area contributed by atoms with Crippen molar-refractivity contribution < 1.29 is 22.3 Å². The average molecular weight is 420 g/mol. The maximum Gasteiger partial charge on any atom is 0.265 e. The Morgan fingerprint density at radius 2 is 1.86 bits per heavy atom. The molecule has 1 spiro atoms. The summed E-state index contributed by atoms with van der Waals surface area (Å²) in [6.07, 6.45) is 1.48. The Balaban J connectivity index is 1.35. The molecule has 0 unspecified atom stereocenters. The van der Waals surface area contributed by atoms with E-state index in [-0.39, 0.29) is 28.4 Å². The van der Waals surface area contributed by atoms with Crippen LogP contribution in [0, 0.1) is 11.3 Å². The van der Waals surface area contributed by atoms with Crippen LogP contribution in [-0.4, -0.2) is 52.8 Å². The predicted octanol–water partition coefficient (Wildman–Crippen LogP) is 2.77. The lowest BCUT2D eigenvalue weighted by Crippen LogP contribution is -2.64. The molecule has 0 bridgehead atoms. The molecule has 1 aromatic heterocycles. The van der Waals surface area contributed by atoms with Gasteiger partial charge in [0, 0.05) is 35.0 Å². The molecule has 1 aliphatic carbocycles. The Morgan fingerprint density at radius 1 is 1.24 bits per heavy atom. The Bertz CT molecular complexity index is 1020. The zero-order valence-electron chi connectivity index (χ0n) is 16.8. The van der Waals surface area contributed by atoms with Crippen LogP contribution >= 0.6 is 0 Å². The number of carbonyl (C=O) groups is 1. The van der Waals surface area contributed by atoms with E-state index in [1.165, 1.54) is 0 Å². The van der Waals surface area contributed by atoms with Crippen molar-refractivity contribution in [1.29, 1.82) is 0 Å². The largest absolute Gasteiger partial charge is 0.338 e. The molecule has 1 aromatic carbocycles. The third kappa shape index (κ3) is 4.06. The van der Waals surface area contributed by atoms with Crippen molar-refractivity contribution >= 4 is 16.0 Å². The number of amides is 1. The molecule has 4 rings (SSSR count). The second-order valence-electron chi connectivity index (χ2n) is 9.43. The van der Waals surface area contributed by atoms with E-state index in [1.54, 1.807) is 17.0 Å². The summed E-state index contributed by atoms with van der Waals surface area (Å²) in [6, 6.07) is 7.15. The summed E-state index contributed by atoms with van der Waals surface area (Å²) in [5, 5.41) is 4.02. The van der Waals surface area contributed by atoms with Crippen molar-refractivity contribution in [3.05, 3.63) is 35.7 Å². The van der Waals surface area contributed by atoms with Gasteiger partial charge in [-0.2, -0.15) is 13.4 Å². The van der Waals surface area contributed by atoms with Gasteiger partial charge in [0.2, 0.25) is 11.7 Å². The highest BCUT2D eigenvalue weighted by Crippen LogP contribution is 2.52. The van der Waals surface area contributed by atoms with Gasteiger partial charge in [-0.1, -0.05) is 38.1 Å². The summed E-state index contributed by atoms with van der Waals surface area (Å²) in [4.78, 5) is 18.9. The van der Waals surface area contributed by atoms with Gasteiger partial charge >= 0.3 is 0 Å². The first-order valence-electron chi connectivity index (χ1n) is 9.63. The minimum atomic E-state index is -3.92. The lowest BCUT2D eigenvalue weighted by Gasteiger charge is -2.59. The van der Waals surface area contributed by atoms with Gasteiger partial charge < -0.3 is 9.42 Å². The van der Waals surface area contributed by atoms with E-state index in [4.69, 9.17) is 9.08 Å². The lowest BCUT2D eigenvalue weighted by molar-refractivity contribution is -0.0705. The number of hydrogen-bond donors (Lipinski definition) is 1. The molecule has 1 N–H and O–H groups in total. The molecular formula is C20H25N3O5S. The first-order valence-corrected chi connectivity index (χ1v) is 11.2. The number of benzene rings is 1. The number of aromatic nitrogens is 2. The standard InChI is InChI=1S/C20H25N3O5S/c1-19(2,3)18-21-16(22-28-18)14-4-6-15(7-5-14)17(24)23-11-20(12-23)8-13(9-20)10-29(25,26)27/h4-7,13H,8-12H2,1-3H3,(H,25,26,27). The molecular weight excluding hydrogens is 394 g/mol. The molecule has 9 heteroatoms. The molecule has 2 aliphatic rings. The molecule has 156 valence electrons. The molecule has 1 saturated heterocycles. The number of carbonyl (C=O) groups excluding carboxylic acids is 1. The molecule has 2 fully saturated rings. The van der Waals surface area contributed by atoms with E-state index in [1.807, 2.05) is 32.9 Å². The van der Waals surface area contributed by atoms with Crippen molar-refractivity contribution in [1.82, 2.24) is 15.0 Å². The Labute approximate surface area is 170 Å². The predicted molar refractivity (Wildman–Crippen MR) is 106 cm³/mol. The molecule has 29 heavy (non-hydrogen) atoms. The van der Waals surface area contributed by atoms with Gasteiger partial charge in [0.25, 0.3) is 16.0 Å². The lowest BCUT2D eigenvalue weighted by atomic mass is 9.58. The van der Waals surface area contributed by atoms with Crippen LogP contribution in [0.4, 0.5) is 0 Å². The van der Waals surface area contributed by atoms with Crippen molar-refractivity contribution in [2.75, 3.05) is 18.8 Å². The fourth-order valence-corrected chi connectivity index (χ4v) is 5.17. The van der Waals surface area contributed by atoms with E-state index < -0.39 is 10.1 Å². The first kappa shape index (κ1) is 20.0. The maximum absolute atomic E-state index is 12.7. The van der Waals surface area contributed by atoms with Crippen molar-refractivity contribution in [3.63, 3.8) is 0 Å². The van der Waals surface area contributed by atoms with Crippen molar-refractivity contribution in [3.8, 4) is 11.4 Å². The van der Waals surface area contributed by atoms with Gasteiger partial charge in [0.15, 0.2) is 0 Å². The van der Waals surface area contributed by atoms with Crippen LogP contribution < -0.4 is 0 Å². The van der Waals surface area contributed by atoms with Crippen LogP contribution in [-0.2, 0) is 15.5 Å². The molecule has 8 nitrogen and oxygen atoms in total. The van der Waals surface area contributed by atoms with E-state index in [9.17, 15) is 13.2 Å². The van der Waals surface area contributed by atoms with Gasteiger partial charge in [-0.15, -0.1) is 0 Å². The van der Waals surface area contributed by atoms with Gasteiger partial charge in [-0.25, -0.2) is 0 Å². The van der Waals surface area contributed by atoms with Crippen LogP contribution in [0.1, 0.15) is 49.9 Å². The summed E-state index contributed by atoms with van der Waals surface area (Å²) in [5.74, 6) is 0.831. The molecule has 0 atom stereocenters. The second-order valence-corrected chi connectivity index (χ2v) is 10.9. The van der Waals surface area contributed by atoms with E-state index >= 15 is 0 Å². The van der Waals surface area contributed by atoms with Gasteiger partial charge in [0.05, 0.1) is 5.75 Å². The normalized spacial score (nSPS) is 19.1. The summed E-state index contributed by atoms with van der Waals surface area (Å²) < 4.78 is 36.2.